The molecule has 1 aromatic heterocycles. The van der Waals surface area contributed by atoms with Crippen LogP contribution in [0.15, 0.2) is 34.1 Å². The first-order valence-electron chi connectivity index (χ1n) is 5.89. The van der Waals surface area contributed by atoms with Gasteiger partial charge in [0.15, 0.2) is 0 Å². The summed E-state index contributed by atoms with van der Waals surface area (Å²) in [5, 5.41) is 5.76. The van der Waals surface area contributed by atoms with Gasteiger partial charge in [-0.25, -0.2) is 4.79 Å². The monoisotopic (exact) mass is 373 g/mol. The minimum atomic E-state index is -0.440. The zero-order valence-corrected chi connectivity index (χ0v) is 14.1. The fourth-order valence-corrected chi connectivity index (χ4v) is 3.41. The Morgan fingerprint density at radius 1 is 1.45 bits per heavy atom. The molecule has 1 atom stereocenters. The summed E-state index contributed by atoms with van der Waals surface area (Å²) >= 11 is 11.1. The highest BCUT2D eigenvalue weighted by Gasteiger charge is 2.13. The summed E-state index contributed by atoms with van der Waals surface area (Å²) in [5.74, 6) is -0.440. The summed E-state index contributed by atoms with van der Waals surface area (Å²) in [6, 6.07) is 7.44. The zero-order valence-electron chi connectivity index (χ0n) is 10.9. The van der Waals surface area contributed by atoms with Crippen molar-refractivity contribution >= 4 is 50.5 Å². The second-order valence-electron chi connectivity index (χ2n) is 4.22. The molecule has 0 spiro atoms. The van der Waals surface area contributed by atoms with Gasteiger partial charge in [-0.2, -0.15) is 0 Å². The number of methoxy groups -OCH3 is 1. The normalized spacial score (nSPS) is 12.0. The molecule has 6 heteroatoms. The molecule has 1 unspecified atom stereocenters. The van der Waals surface area contributed by atoms with Gasteiger partial charge < -0.3 is 10.1 Å². The number of esters is 1. The Balaban J connectivity index is 2.19. The first-order valence-corrected chi connectivity index (χ1v) is 7.94. The van der Waals surface area contributed by atoms with Crippen molar-refractivity contribution in [2.45, 2.75) is 13.0 Å². The van der Waals surface area contributed by atoms with Gasteiger partial charge in [-0.15, -0.1) is 11.3 Å². The predicted octanol–water partition coefficient (Wildman–Crippen LogP) is 5.12. The number of hydrogen-bond donors (Lipinski definition) is 1. The molecule has 1 N–H and O–H groups in total. The minimum absolute atomic E-state index is 0.137. The number of carbonyl (C=O) groups excluding carboxylic acids is 1. The maximum absolute atomic E-state index is 11.6. The third-order valence-electron chi connectivity index (χ3n) is 2.77. The molecule has 0 amide bonds. The van der Waals surface area contributed by atoms with Crippen LogP contribution in [-0.2, 0) is 4.74 Å². The number of carbonyl (C=O) groups is 1. The van der Waals surface area contributed by atoms with Crippen molar-refractivity contribution in [2.75, 3.05) is 12.4 Å². The molecule has 0 aliphatic rings. The van der Waals surface area contributed by atoms with Crippen LogP contribution in [-0.4, -0.2) is 13.1 Å². The lowest BCUT2D eigenvalue weighted by Crippen LogP contribution is -2.07. The molecule has 2 aromatic rings. The molecule has 0 saturated heterocycles. The van der Waals surface area contributed by atoms with E-state index >= 15 is 0 Å². The summed E-state index contributed by atoms with van der Waals surface area (Å²) in [6.07, 6.45) is 0. The molecule has 0 fully saturated rings. The molecule has 20 heavy (non-hydrogen) atoms. The van der Waals surface area contributed by atoms with Crippen LogP contribution in [0.3, 0.4) is 0 Å². The van der Waals surface area contributed by atoms with E-state index in [4.69, 9.17) is 16.3 Å². The van der Waals surface area contributed by atoms with Gasteiger partial charge in [0.1, 0.15) is 0 Å². The third-order valence-corrected chi connectivity index (χ3v) is 4.98. The van der Waals surface area contributed by atoms with E-state index in [1.54, 1.807) is 23.5 Å². The van der Waals surface area contributed by atoms with E-state index in [-0.39, 0.29) is 6.04 Å². The lowest BCUT2D eigenvalue weighted by molar-refractivity contribution is 0.0601. The van der Waals surface area contributed by atoms with Crippen molar-refractivity contribution in [1.29, 1.82) is 0 Å². The van der Waals surface area contributed by atoms with Crippen molar-refractivity contribution < 1.29 is 9.53 Å². The molecule has 0 aliphatic carbocycles. The SMILES string of the molecule is COC(=O)c1cc(NC(C)c2cc(Br)cs2)ccc1Cl. The molecule has 1 aromatic carbocycles. The first kappa shape index (κ1) is 15.4. The van der Waals surface area contributed by atoms with Crippen LogP contribution in [0.2, 0.25) is 5.02 Å². The number of thiophene rings is 1. The van der Waals surface area contributed by atoms with Crippen LogP contribution in [0, 0.1) is 0 Å². The van der Waals surface area contributed by atoms with Crippen LogP contribution < -0.4 is 5.32 Å². The Kier molecular flexibility index (Phi) is 5.07. The number of nitrogens with one attached hydrogen (secondary N) is 1. The van der Waals surface area contributed by atoms with E-state index in [1.165, 1.54) is 12.0 Å². The Labute approximate surface area is 135 Å². The average Bonchev–Trinajstić information content (AvgIpc) is 2.87. The molecular weight excluding hydrogens is 362 g/mol. The van der Waals surface area contributed by atoms with Crippen LogP contribution in [0.5, 0.6) is 0 Å². The topological polar surface area (TPSA) is 38.3 Å². The predicted molar refractivity (Wildman–Crippen MR) is 86.8 cm³/mol. The minimum Gasteiger partial charge on any atom is -0.465 e. The molecule has 1 heterocycles. The van der Waals surface area contributed by atoms with Gasteiger partial charge in [-0.1, -0.05) is 11.6 Å². The van der Waals surface area contributed by atoms with E-state index in [1.807, 2.05) is 11.4 Å². The van der Waals surface area contributed by atoms with Gasteiger partial charge >= 0.3 is 5.97 Å². The number of ether oxygens (including phenoxy) is 1. The smallest absolute Gasteiger partial charge is 0.339 e. The summed E-state index contributed by atoms with van der Waals surface area (Å²) in [7, 11) is 1.34. The van der Waals surface area contributed by atoms with Gasteiger partial charge in [0, 0.05) is 20.4 Å². The van der Waals surface area contributed by atoms with Gasteiger partial charge in [-0.3, -0.25) is 0 Å². The molecule has 3 nitrogen and oxygen atoms in total. The van der Waals surface area contributed by atoms with Crippen molar-refractivity contribution in [2.24, 2.45) is 0 Å². The number of anilines is 1. The Hall–Kier alpha value is -1.04. The molecule has 2 rings (SSSR count). The van der Waals surface area contributed by atoms with E-state index in [0.29, 0.717) is 10.6 Å². The van der Waals surface area contributed by atoms with Crippen molar-refractivity contribution in [3.05, 3.63) is 49.6 Å². The highest BCUT2D eigenvalue weighted by atomic mass is 79.9. The van der Waals surface area contributed by atoms with Crippen LogP contribution in [0.4, 0.5) is 5.69 Å². The van der Waals surface area contributed by atoms with Gasteiger partial charge in [0.2, 0.25) is 0 Å². The second kappa shape index (κ2) is 6.61. The van der Waals surface area contributed by atoms with E-state index in [2.05, 4.69) is 34.2 Å². The highest BCUT2D eigenvalue weighted by molar-refractivity contribution is 9.10. The Bertz CT molecular complexity index is 629. The highest BCUT2D eigenvalue weighted by Crippen LogP contribution is 2.29. The molecule has 0 radical (unpaired) electrons. The van der Waals surface area contributed by atoms with Crippen LogP contribution >= 0.6 is 38.9 Å². The molecule has 0 aliphatic heterocycles. The lowest BCUT2D eigenvalue weighted by atomic mass is 10.2. The van der Waals surface area contributed by atoms with Crippen molar-refractivity contribution in [3.63, 3.8) is 0 Å². The summed E-state index contributed by atoms with van der Waals surface area (Å²) in [6.45, 7) is 2.06. The lowest BCUT2D eigenvalue weighted by Gasteiger charge is -2.14. The van der Waals surface area contributed by atoms with E-state index < -0.39 is 5.97 Å². The fraction of sp³-hybridized carbons (Fsp3) is 0.214. The standard InChI is InChI=1S/C14H13BrClNO2S/c1-8(13-5-9(15)7-20-13)17-10-3-4-12(16)11(6-10)14(18)19-2/h3-8,17H,1-2H3. The van der Waals surface area contributed by atoms with Crippen molar-refractivity contribution in [3.8, 4) is 0 Å². The van der Waals surface area contributed by atoms with Gasteiger partial charge in [-0.05, 0) is 47.1 Å². The average molecular weight is 375 g/mol. The largest absolute Gasteiger partial charge is 0.465 e. The molecule has 0 bridgehead atoms. The summed E-state index contributed by atoms with van der Waals surface area (Å²) in [5.41, 5.74) is 1.19. The van der Waals surface area contributed by atoms with E-state index in [0.717, 1.165) is 10.2 Å². The second-order valence-corrected chi connectivity index (χ2v) is 6.49. The Morgan fingerprint density at radius 2 is 2.20 bits per heavy atom. The number of benzene rings is 1. The van der Waals surface area contributed by atoms with E-state index in [9.17, 15) is 4.79 Å². The molecule has 106 valence electrons. The molecule has 0 saturated carbocycles. The molecular formula is C14H13BrClNO2S. The van der Waals surface area contributed by atoms with Crippen LogP contribution in [0.1, 0.15) is 28.2 Å². The van der Waals surface area contributed by atoms with Crippen molar-refractivity contribution in [1.82, 2.24) is 0 Å². The summed E-state index contributed by atoms with van der Waals surface area (Å²) < 4.78 is 5.78. The van der Waals surface area contributed by atoms with Crippen LogP contribution in [0.25, 0.3) is 0 Å². The summed E-state index contributed by atoms with van der Waals surface area (Å²) in [4.78, 5) is 12.8. The quantitative estimate of drug-likeness (QED) is 0.754. The number of halogens is 2. The number of hydrogen-bond acceptors (Lipinski definition) is 4. The number of rotatable bonds is 4. The Morgan fingerprint density at radius 3 is 2.80 bits per heavy atom. The van der Waals surface area contributed by atoms with Gasteiger partial charge in [0.25, 0.3) is 0 Å². The first-order chi connectivity index (χ1) is 9.51. The third kappa shape index (κ3) is 3.53. The maximum Gasteiger partial charge on any atom is 0.339 e. The zero-order chi connectivity index (χ0) is 14.7. The fourth-order valence-electron chi connectivity index (χ4n) is 1.76. The van der Waals surface area contributed by atoms with Gasteiger partial charge in [0.05, 0.1) is 23.7 Å². The maximum atomic E-state index is 11.6.